The molecule has 0 atom stereocenters. The minimum absolute atomic E-state index is 0.307. The largest absolute Gasteiger partial charge is 0.504 e. The molecule has 0 aromatic heterocycles. The van der Waals surface area contributed by atoms with Crippen molar-refractivity contribution in [2.24, 2.45) is 5.73 Å². The smallest absolute Gasteiger partial charge is 0.319 e. The van der Waals surface area contributed by atoms with Crippen molar-refractivity contribution < 1.29 is 19.8 Å². The number of phenolic OH excluding ortho intramolecular Hbond substituents is 2. The van der Waals surface area contributed by atoms with Gasteiger partial charge in [-0.1, -0.05) is 6.07 Å². The van der Waals surface area contributed by atoms with Crippen molar-refractivity contribution in [3.05, 3.63) is 29.3 Å². The molecule has 5 N–H and O–H groups in total. The SMILES string of the molecule is N#CC(=Cc1ccc(O)c(O)c1)C(=O)NC(N)=O. The van der Waals surface area contributed by atoms with Crippen LogP contribution in [0.3, 0.4) is 0 Å². The van der Waals surface area contributed by atoms with Gasteiger partial charge in [-0.05, 0) is 23.8 Å². The molecule has 3 amide bonds. The monoisotopic (exact) mass is 247 g/mol. The first-order chi connectivity index (χ1) is 8.43. The van der Waals surface area contributed by atoms with E-state index in [1.54, 1.807) is 11.4 Å². The fourth-order valence-electron chi connectivity index (χ4n) is 1.12. The number of urea groups is 1. The van der Waals surface area contributed by atoms with Gasteiger partial charge in [-0.15, -0.1) is 0 Å². The maximum atomic E-state index is 11.3. The van der Waals surface area contributed by atoms with Gasteiger partial charge in [0.1, 0.15) is 11.6 Å². The summed E-state index contributed by atoms with van der Waals surface area (Å²) in [6.07, 6.45) is 1.14. The lowest BCUT2D eigenvalue weighted by Crippen LogP contribution is -2.35. The Balaban J connectivity index is 3.05. The van der Waals surface area contributed by atoms with Crippen LogP contribution in [-0.2, 0) is 4.79 Å². The lowest BCUT2D eigenvalue weighted by atomic mass is 10.1. The summed E-state index contributed by atoms with van der Waals surface area (Å²) >= 11 is 0. The van der Waals surface area contributed by atoms with Crippen molar-refractivity contribution in [3.63, 3.8) is 0 Å². The number of hydrogen-bond donors (Lipinski definition) is 4. The Morgan fingerprint density at radius 1 is 1.33 bits per heavy atom. The maximum absolute atomic E-state index is 11.3. The van der Waals surface area contributed by atoms with Crippen molar-refractivity contribution in [1.29, 1.82) is 5.26 Å². The van der Waals surface area contributed by atoms with Gasteiger partial charge in [-0.2, -0.15) is 5.26 Å². The molecule has 1 aromatic carbocycles. The molecule has 0 radical (unpaired) electrons. The van der Waals surface area contributed by atoms with Crippen LogP contribution in [0.25, 0.3) is 6.08 Å². The number of hydrogen-bond acceptors (Lipinski definition) is 5. The third-order valence-electron chi connectivity index (χ3n) is 1.91. The average Bonchev–Trinajstić information content (AvgIpc) is 2.29. The Morgan fingerprint density at radius 2 is 2.00 bits per heavy atom. The zero-order valence-corrected chi connectivity index (χ0v) is 9.04. The molecule has 0 spiro atoms. The Bertz CT molecular complexity index is 572. The summed E-state index contributed by atoms with van der Waals surface area (Å²) < 4.78 is 0. The van der Waals surface area contributed by atoms with Gasteiger partial charge in [0.25, 0.3) is 5.91 Å². The predicted octanol–water partition coefficient (Wildman–Crippen LogP) is 0.200. The number of carbonyl (C=O) groups excluding carboxylic acids is 2. The van der Waals surface area contributed by atoms with E-state index >= 15 is 0 Å². The number of nitrogens with one attached hydrogen (secondary N) is 1. The lowest BCUT2D eigenvalue weighted by Gasteiger charge is -2.01. The highest BCUT2D eigenvalue weighted by atomic mass is 16.3. The van der Waals surface area contributed by atoms with Gasteiger partial charge in [0.15, 0.2) is 11.5 Å². The first-order valence-electron chi connectivity index (χ1n) is 4.68. The number of nitriles is 1. The fourth-order valence-corrected chi connectivity index (χ4v) is 1.12. The van der Waals surface area contributed by atoms with Gasteiger partial charge >= 0.3 is 6.03 Å². The van der Waals surface area contributed by atoms with E-state index in [-0.39, 0.29) is 11.3 Å². The van der Waals surface area contributed by atoms with Gasteiger partial charge in [0.05, 0.1) is 0 Å². The maximum Gasteiger partial charge on any atom is 0.319 e. The van der Waals surface area contributed by atoms with Crippen LogP contribution in [0, 0.1) is 11.3 Å². The third kappa shape index (κ3) is 3.24. The van der Waals surface area contributed by atoms with Crippen molar-refractivity contribution in [2.75, 3.05) is 0 Å². The highest BCUT2D eigenvalue weighted by Crippen LogP contribution is 2.25. The van der Waals surface area contributed by atoms with Crippen molar-refractivity contribution in [3.8, 4) is 17.6 Å². The molecule has 1 rings (SSSR count). The number of imide groups is 1. The molecular formula is C11H9N3O4. The predicted molar refractivity (Wildman–Crippen MR) is 61.1 cm³/mol. The molecule has 7 heteroatoms. The molecule has 92 valence electrons. The molecule has 0 bridgehead atoms. The number of nitrogens with two attached hydrogens (primary N) is 1. The van der Waals surface area contributed by atoms with Crippen LogP contribution in [0.5, 0.6) is 11.5 Å². The van der Waals surface area contributed by atoms with E-state index in [4.69, 9.17) is 16.1 Å². The summed E-state index contributed by atoms with van der Waals surface area (Å²) in [6.45, 7) is 0. The number of nitrogens with zero attached hydrogens (tertiary/aromatic N) is 1. The van der Waals surface area contributed by atoms with Crippen LogP contribution in [0.4, 0.5) is 4.79 Å². The summed E-state index contributed by atoms with van der Waals surface area (Å²) in [5.74, 6) is -1.67. The average molecular weight is 247 g/mol. The number of phenols is 2. The number of aromatic hydroxyl groups is 2. The van der Waals surface area contributed by atoms with Gasteiger partial charge in [-0.25, -0.2) is 4.79 Å². The molecule has 0 saturated heterocycles. The summed E-state index contributed by atoms with van der Waals surface area (Å²) in [6, 6.07) is 4.25. The molecular weight excluding hydrogens is 238 g/mol. The number of carbonyl (C=O) groups is 2. The minimum Gasteiger partial charge on any atom is -0.504 e. The van der Waals surface area contributed by atoms with Crippen molar-refractivity contribution in [2.45, 2.75) is 0 Å². The second-order valence-electron chi connectivity index (χ2n) is 3.24. The van der Waals surface area contributed by atoms with Crippen LogP contribution in [0.15, 0.2) is 23.8 Å². The van der Waals surface area contributed by atoms with Crippen LogP contribution < -0.4 is 11.1 Å². The number of primary amides is 1. The summed E-state index contributed by atoms with van der Waals surface area (Å²) in [5, 5.41) is 28.8. The molecule has 0 aliphatic rings. The van der Waals surface area contributed by atoms with E-state index < -0.39 is 17.7 Å². The summed E-state index contributed by atoms with van der Waals surface area (Å²) in [4.78, 5) is 21.8. The normalized spacial score (nSPS) is 10.5. The Morgan fingerprint density at radius 3 is 2.50 bits per heavy atom. The molecule has 0 saturated carbocycles. The van der Waals surface area contributed by atoms with Gasteiger partial charge < -0.3 is 15.9 Å². The van der Waals surface area contributed by atoms with E-state index in [0.717, 1.165) is 12.1 Å². The standard InChI is InChI=1S/C11H9N3O4/c12-5-7(10(17)14-11(13)18)3-6-1-2-8(15)9(16)4-6/h1-4,15-16H,(H3,13,14,17,18). The van der Waals surface area contributed by atoms with Crippen LogP contribution in [0.1, 0.15) is 5.56 Å². The second-order valence-corrected chi connectivity index (χ2v) is 3.24. The van der Waals surface area contributed by atoms with Crippen LogP contribution in [0.2, 0.25) is 0 Å². The topological polar surface area (TPSA) is 136 Å². The third-order valence-corrected chi connectivity index (χ3v) is 1.91. The molecule has 18 heavy (non-hydrogen) atoms. The quantitative estimate of drug-likeness (QED) is 0.336. The van der Waals surface area contributed by atoms with E-state index in [9.17, 15) is 14.7 Å². The zero-order chi connectivity index (χ0) is 13.7. The molecule has 0 heterocycles. The highest BCUT2D eigenvalue weighted by Gasteiger charge is 2.11. The molecule has 0 fully saturated rings. The van der Waals surface area contributed by atoms with Crippen LogP contribution >= 0.6 is 0 Å². The van der Waals surface area contributed by atoms with Gasteiger partial charge in [0.2, 0.25) is 0 Å². The molecule has 7 nitrogen and oxygen atoms in total. The molecule has 0 aliphatic heterocycles. The number of benzene rings is 1. The molecule has 0 aliphatic carbocycles. The second kappa shape index (κ2) is 5.36. The Hall–Kier alpha value is -3.01. The van der Waals surface area contributed by atoms with Crippen LogP contribution in [-0.4, -0.2) is 22.2 Å². The van der Waals surface area contributed by atoms with E-state index in [1.807, 2.05) is 0 Å². The van der Waals surface area contributed by atoms with Crippen molar-refractivity contribution >= 4 is 18.0 Å². The minimum atomic E-state index is -1.07. The Kier molecular flexibility index (Phi) is 3.89. The van der Waals surface area contributed by atoms with E-state index in [1.165, 1.54) is 12.1 Å². The van der Waals surface area contributed by atoms with E-state index in [2.05, 4.69) is 0 Å². The van der Waals surface area contributed by atoms with Gasteiger partial charge in [-0.3, -0.25) is 10.1 Å². The summed E-state index contributed by atoms with van der Waals surface area (Å²) in [5.41, 5.74) is 4.69. The molecule has 1 aromatic rings. The first kappa shape index (κ1) is 13.1. The fraction of sp³-hybridized carbons (Fsp3) is 0. The number of rotatable bonds is 2. The van der Waals surface area contributed by atoms with Crippen molar-refractivity contribution in [1.82, 2.24) is 5.32 Å². The van der Waals surface area contributed by atoms with E-state index in [0.29, 0.717) is 5.56 Å². The zero-order valence-electron chi connectivity index (χ0n) is 9.04. The van der Waals surface area contributed by atoms with Gasteiger partial charge in [0, 0.05) is 0 Å². The lowest BCUT2D eigenvalue weighted by molar-refractivity contribution is -0.115. The molecule has 0 unspecified atom stereocenters. The first-order valence-corrected chi connectivity index (χ1v) is 4.68. The summed E-state index contributed by atoms with van der Waals surface area (Å²) in [7, 11) is 0. The Labute approximate surface area is 102 Å². The highest BCUT2D eigenvalue weighted by molar-refractivity contribution is 6.08. The number of amides is 3.